The smallest absolute Gasteiger partial charge is 0.148 e. The number of aryl methyl sites for hydroxylation is 1. The predicted octanol–water partition coefficient (Wildman–Crippen LogP) is 5.78. The molecular weight excluding hydrogens is 300 g/mol. The maximum Gasteiger partial charge on any atom is 0.148 e. The summed E-state index contributed by atoms with van der Waals surface area (Å²) in [5.41, 5.74) is 5.74. The second-order valence-corrected chi connectivity index (χ2v) is 6.40. The molecule has 0 bridgehead atoms. The van der Waals surface area contributed by atoms with Gasteiger partial charge in [-0.15, -0.1) is 11.3 Å². The molecule has 0 aliphatic rings. The zero-order valence-electron chi connectivity index (χ0n) is 12.8. The first-order valence-electron chi connectivity index (χ1n) is 7.57. The van der Waals surface area contributed by atoms with E-state index in [4.69, 9.17) is 4.98 Å². The minimum absolute atomic E-state index is 0.938. The molecule has 0 saturated carbocycles. The lowest BCUT2D eigenvalue weighted by molar-refractivity contribution is 1.26. The zero-order valence-corrected chi connectivity index (χ0v) is 13.6. The van der Waals surface area contributed by atoms with Gasteiger partial charge in [0.2, 0.25) is 0 Å². The second-order valence-electron chi connectivity index (χ2n) is 5.49. The number of nitrogens with one attached hydrogen (secondary N) is 1. The van der Waals surface area contributed by atoms with Crippen LogP contribution in [0.15, 0.2) is 72.1 Å². The minimum Gasteiger partial charge on any atom is -0.341 e. The molecule has 0 amide bonds. The molecule has 4 aromatic rings. The SMILES string of the molecule is Cc1[nH]c(-c2cc(-c3ccccc3)cs2)nc1-c1ccccc1. The van der Waals surface area contributed by atoms with Gasteiger partial charge in [-0.1, -0.05) is 60.7 Å². The fourth-order valence-corrected chi connectivity index (χ4v) is 3.56. The van der Waals surface area contributed by atoms with E-state index in [1.54, 1.807) is 11.3 Å². The van der Waals surface area contributed by atoms with Crippen LogP contribution in [0, 0.1) is 6.92 Å². The van der Waals surface area contributed by atoms with Gasteiger partial charge in [0.15, 0.2) is 0 Å². The first-order chi connectivity index (χ1) is 11.3. The number of thiophene rings is 1. The summed E-state index contributed by atoms with van der Waals surface area (Å²) in [6, 6.07) is 22.9. The van der Waals surface area contributed by atoms with Crippen molar-refractivity contribution in [2.45, 2.75) is 6.92 Å². The van der Waals surface area contributed by atoms with Crippen molar-refractivity contribution in [3.8, 4) is 33.1 Å². The second kappa shape index (κ2) is 5.86. The van der Waals surface area contributed by atoms with E-state index >= 15 is 0 Å². The summed E-state index contributed by atoms with van der Waals surface area (Å²) < 4.78 is 0. The van der Waals surface area contributed by atoms with Crippen LogP contribution in [0.2, 0.25) is 0 Å². The van der Waals surface area contributed by atoms with Crippen molar-refractivity contribution in [2.75, 3.05) is 0 Å². The fraction of sp³-hybridized carbons (Fsp3) is 0.0500. The molecule has 0 spiro atoms. The van der Waals surface area contributed by atoms with Crippen LogP contribution in [-0.4, -0.2) is 9.97 Å². The van der Waals surface area contributed by atoms with Crippen molar-refractivity contribution in [2.24, 2.45) is 0 Å². The lowest BCUT2D eigenvalue weighted by Crippen LogP contribution is -1.79. The molecule has 23 heavy (non-hydrogen) atoms. The first kappa shape index (κ1) is 14.0. The van der Waals surface area contributed by atoms with Crippen LogP contribution in [0.25, 0.3) is 33.1 Å². The fourth-order valence-electron chi connectivity index (χ4n) is 2.70. The molecule has 0 saturated heterocycles. The van der Waals surface area contributed by atoms with Crippen LogP contribution < -0.4 is 0 Å². The Morgan fingerprint density at radius 2 is 1.48 bits per heavy atom. The Morgan fingerprint density at radius 3 is 2.17 bits per heavy atom. The maximum absolute atomic E-state index is 4.81. The average Bonchev–Trinajstić information content (AvgIpc) is 3.23. The summed E-state index contributed by atoms with van der Waals surface area (Å²) in [6.45, 7) is 2.07. The number of nitrogens with zero attached hydrogens (tertiary/aromatic N) is 1. The number of H-pyrrole nitrogens is 1. The van der Waals surface area contributed by atoms with Gasteiger partial charge in [0, 0.05) is 11.3 Å². The van der Waals surface area contributed by atoms with E-state index in [1.165, 1.54) is 11.1 Å². The van der Waals surface area contributed by atoms with Crippen LogP contribution in [0.5, 0.6) is 0 Å². The Balaban J connectivity index is 1.71. The number of benzene rings is 2. The molecule has 0 aliphatic heterocycles. The van der Waals surface area contributed by atoms with Crippen LogP contribution >= 0.6 is 11.3 Å². The van der Waals surface area contributed by atoms with E-state index < -0.39 is 0 Å². The molecule has 2 nitrogen and oxygen atoms in total. The van der Waals surface area contributed by atoms with Gasteiger partial charge in [-0.25, -0.2) is 4.98 Å². The minimum atomic E-state index is 0.938. The van der Waals surface area contributed by atoms with Crippen molar-refractivity contribution < 1.29 is 0 Å². The van der Waals surface area contributed by atoms with Crippen LogP contribution in [0.4, 0.5) is 0 Å². The molecule has 0 atom stereocenters. The summed E-state index contributed by atoms with van der Waals surface area (Å²) in [7, 11) is 0. The highest BCUT2D eigenvalue weighted by Gasteiger charge is 2.12. The van der Waals surface area contributed by atoms with Gasteiger partial charge in [-0.05, 0) is 29.5 Å². The Kier molecular flexibility index (Phi) is 3.56. The van der Waals surface area contributed by atoms with Gasteiger partial charge in [0.05, 0.1) is 10.6 Å². The number of aromatic amines is 1. The van der Waals surface area contributed by atoms with Gasteiger partial charge in [-0.2, -0.15) is 0 Å². The standard InChI is InChI=1S/C20H16N2S/c1-14-19(16-10-6-3-7-11-16)22-20(21-14)18-12-17(13-23-18)15-8-4-2-5-9-15/h2-13H,1H3,(H,21,22). The van der Waals surface area contributed by atoms with Crippen molar-refractivity contribution in [3.63, 3.8) is 0 Å². The first-order valence-corrected chi connectivity index (χ1v) is 8.45. The molecule has 0 fully saturated rings. The molecule has 1 N–H and O–H groups in total. The van der Waals surface area contributed by atoms with Gasteiger partial charge >= 0.3 is 0 Å². The predicted molar refractivity (Wildman–Crippen MR) is 97.5 cm³/mol. The summed E-state index contributed by atoms with van der Waals surface area (Å²) in [5, 5.41) is 2.19. The van der Waals surface area contributed by atoms with E-state index in [0.29, 0.717) is 0 Å². The zero-order chi connectivity index (χ0) is 15.6. The molecule has 0 radical (unpaired) electrons. The molecule has 2 aromatic heterocycles. The molecule has 4 rings (SSSR count). The van der Waals surface area contributed by atoms with Crippen molar-refractivity contribution in [1.82, 2.24) is 9.97 Å². The van der Waals surface area contributed by atoms with E-state index in [-0.39, 0.29) is 0 Å². The van der Waals surface area contributed by atoms with Crippen molar-refractivity contribution in [1.29, 1.82) is 0 Å². The Bertz CT molecular complexity index is 921. The van der Waals surface area contributed by atoms with Crippen LogP contribution in [0.1, 0.15) is 5.69 Å². The van der Waals surface area contributed by atoms with Crippen LogP contribution in [0.3, 0.4) is 0 Å². The Labute approximate surface area is 139 Å². The number of imidazole rings is 1. The van der Waals surface area contributed by atoms with Gasteiger partial charge in [0.25, 0.3) is 0 Å². The quantitative estimate of drug-likeness (QED) is 0.510. The monoisotopic (exact) mass is 316 g/mol. The third-order valence-electron chi connectivity index (χ3n) is 3.87. The Morgan fingerprint density at radius 1 is 0.826 bits per heavy atom. The number of hydrogen-bond donors (Lipinski definition) is 1. The van der Waals surface area contributed by atoms with Crippen molar-refractivity contribution >= 4 is 11.3 Å². The largest absolute Gasteiger partial charge is 0.341 e. The highest BCUT2D eigenvalue weighted by Crippen LogP contribution is 2.33. The lowest BCUT2D eigenvalue weighted by atomic mass is 10.1. The normalized spacial score (nSPS) is 10.8. The third-order valence-corrected chi connectivity index (χ3v) is 4.81. The molecule has 2 aromatic carbocycles. The summed E-state index contributed by atoms with van der Waals surface area (Å²) >= 11 is 1.72. The van der Waals surface area contributed by atoms with Crippen molar-refractivity contribution in [3.05, 3.63) is 77.8 Å². The number of hydrogen-bond acceptors (Lipinski definition) is 2. The molecular formula is C20H16N2S. The highest BCUT2D eigenvalue weighted by molar-refractivity contribution is 7.13. The molecule has 112 valence electrons. The summed E-state index contributed by atoms with van der Waals surface area (Å²) in [6.07, 6.45) is 0. The number of rotatable bonds is 3. The van der Waals surface area contributed by atoms with E-state index in [2.05, 4.69) is 59.8 Å². The summed E-state index contributed by atoms with van der Waals surface area (Å²) in [4.78, 5) is 9.40. The molecule has 2 heterocycles. The Hall–Kier alpha value is -2.65. The lowest BCUT2D eigenvalue weighted by Gasteiger charge is -1.96. The molecule has 0 unspecified atom stereocenters. The number of aromatic nitrogens is 2. The highest BCUT2D eigenvalue weighted by atomic mass is 32.1. The average molecular weight is 316 g/mol. The van der Waals surface area contributed by atoms with Gasteiger partial charge in [-0.3, -0.25) is 0 Å². The van der Waals surface area contributed by atoms with Gasteiger partial charge in [0.1, 0.15) is 5.82 Å². The van der Waals surface area contributed by atoms with Crippen LogP contribution in [-0.2, 0) is 0 Å². The van der Waals surface area contributed by atoms with E-state index in [0.717, 1.165) is 27.7 Å². The van der Waals surface area contributed by atoms with Gasteiger partial charge < -0.3 is 4.98 Å². The third kappa shape index (κ3) is 2.71. The summed E-state index contributed by atoms with van der Waals surface area (Å²) in [5.74, 6) is 0.938. The van der Waals surface area contributed by atoms with E-state index in [9.17, 15) is 0 Å². The maximum atomic E-state index is 4.81. The molecule has 0 aliphatic carbocycles. The van der Waals surface area contributed by atoms with E-state index in [1.807, 2.05) is 24.3 Å². The molecule has 3 heteroatoms. The topological polar surface area (TPSA) is 28.7 Å².